The lowest BCUT2D eigenvalue weighted by atomic mass is 10.2. The number of rotatable bonds is 6. The summed E-state index contributed by atoms with van der Waals surface area (Å²) in [5.41, 5.74) is 1.42. The SMILES string of the molecule is Cn1ncc(Cl)c1CN(CC(=O)O)Cc1cccc(F)c1. The number of aromatic nitrogens is 2. The number of aryl methyl sites for hydroxylation is 1. The maximum Gasteiger partial charge on any atom is 0.317 e. The molecule has 0 spiro atoms. The van der Waals surface area contributed by atoms with Crippen LogP contribution in [-0.4, -0.2) is 32.3 Å². The zero-order valence-electron chi connectivity index (χ0n) is 11.5. The first-order valence-electron chi connectivity index (χ1n) is 6.30. The normalized spacial score (nSPS) is 11.0. The van der Waals surface area contributed by atoms with Crippen molar-refractivity contribution in [2.45, 2.75) is 13.1 Å². The largest absolute Gasteiger partial charge is 0.480 e. The number of carbonyl (C=O) groups is 1. The number of carboxylic acid groups (broad SMARTS) is 1. The van der Waals surface area contributed by atoms with Crippen LogP contribution in [0.2, 0.25) is 5.02 Å². The molecule has 5 nitrogen and oxygen atoms in total. The highest BCUT2D eigenvalue weighted by molar-refractivity contribution is 6.31. The minimum Gasteiger partial charge on any atom is -0.480 e. The molecular formula is C14H15ClFN3O2. The van der Waals surface area contributed by atoms with E-state index in [1.54, 1.807) is 28.8 Å². The van der Waals surface area contributed by atoms with Crippen LogP contribution in [0.1, 0.15) is 11.3 Å². The van der Waals surface area contributed by atoms with E-state index in [0.29, 0.717) is 29.4 Å². The van der Waals surface area contributed by atoms with Gasteiger partial charge in [0.25, 0.3) is 0 Å². The second-order valence-corrected chi connectivity index (χ2v) is 5.14. The van der Waals surface area contributed by atoms with E-state index in [1.165, 1.54) is 18.3 Å². The molecule has 0 amide bonds. The highest BCUT2D eigenvalue weighted by atomic mass is 35.5. The van der Waals surface area contributed by atoms with E-state index < -0.39 is 5.97 Å². The molecule has 1 heterocycles. The Balaban J connectivity index is 2.16. The molecule has 0 aliphatic rings. The molecule has 0 aliphatic heterocycles. The maximum atomic E-state index is 13.2. The molecule has 1 aromatic carbocycles. The summed E-state index contributed by atoms with van der Waals surface area (Å²) in [6, 6.07) is 6.09. The van der Waals surface area contributed by atoms with E-state index in [9.17, 15) is 9.18 Å². The van der Waals surface area contributed by atoms with Crippen LogP contribution in [0, 0.1) is 5.82 Å². The van der Waals surface area contributed by atoms with Crippen LogP contribution in [-0.2, 0) is 24.9 Å². The Morgan fingerprint density at radius 2 is 2.24 bits per heavy atom. The van der Waals surface area contributed by atoms with Crippen LogP contribution in [0.3, 0.4) is 0 Å². The van der Waals surface area contributed by atoms with E-state index >= 15 is 0 Å². The molecule has 1 aromatic heterocycles. The summed E-state index contributed by atoms with van der Waals surface area (Å²) in [6.45, 7) is 0.460. The Hall–Kier alpha value is -1.92. The van der Waals surface area contributed by atoms with Crippen molar-refractivity contribution >= 4 is 17.6 Å². The molecule has 2 aromatic rings. The van der Waals surface area contributed by atoms with Gasteiger partial charge in [-0.15, -0.1) is 0 Å². The fourth-order valence-corrected chi connectivity index (χ4v) is 2.30. The number of halogens is 2. The van der Waals surface area contributed by atoms with E-state index in [2.05, 4.69) is 5.10 Å². The summed E-state index contributed by atoms with van der Waals surface area (Å²) < 4.78 is 14.8. The van der Waals surface area contributed by atoms with Gasteiger partial charge in [0.15, 0.2) is 0 Å². The first kappa shape index (κ1) is 15.5. The van der Waals surface area contributed by atoms with Crippen molar-refractivity contribution in [1.82, 2.24) is 14.7 Å². The van der Waals surface area contributed by atoms with Crippen LogP contribution in [0.15, 0.2) is 30.5 Å². The van der Waals surface area contributed by atoms with Crippen molar-refractivity contribution in [2.75, 3.05) is 6.54 Å². The standard InChI is InChI=1S/C14H15ClFN3O2/c1-18-13(12(15)6-17-18)8-19(9-14(20)21)7-10-3-2-4-11(16)5-10/h2-6H,7-9H2,1H3,(H,20,21). The van der Waals surface area contributed by atoms with Gasteiger partial charge in [-0.1, -0.05) is 23.7 Å². The molecule has 21 heavy (non-hydrogen) atoms. The van der Waals surface area contributed by atoms with E-state index in [-0.39, 0.29) is 12.4 Å². The summed E-state index contributed by atoms with van der Waals surface area (Å²) in [4.78, 5) is 12.7. The third kappa shape index (κ3) is 4.27. The van der Waals surface area contributed by atoms with Crippen molar-refractivity contribution in [1.29, 1.82) is 0 Å². The molecule has 7 heteroatoms. The summed E-state index contributed by atoms with van der Waals surface area (Å²) in [6.07, 6.45) is 1.51. The van der Waals surface area contributed by atoms with Gasteiger partial charge in [0.05, 0.1) is 23.5 Å². The smallest absolute Gasteiger partial charge is 0.317 e. The fraction of sp³-hybridized carbons (Fsp3) is 0.286. The van der Waals surface area contributed by atoms with Gasteiger partial charge in [-0.2, -0.15) is 5.10 Å². The van der Waals surface area contributed by atoms with Gasteiger partial charge in [-0.3, -0.25) is 14.4 Å². The van der Waals surface area contributed by atoms with Gasteiger partial charge in [-0.05, 0) is 17.7 Å². The van der Waals surface area contributed by atoms with E-state index in [0.717, 1.165) is 0 Å². The van der Waals surface area contributed by atoms with Crippen LogP contribution in [0.4, 0.5) is 4.39 Å². The minimum absolute atomic E-state index is 0.169. The molecule has 0 saturated carbocycles. The molecule has 2 rings (SSSR count). The molecule has 0 radical (unpaired) electrons. The zero-order valence-corrected chi connectivity index (χ0v) is 12.2. The summed E-state index contributed by atoms with van der Waals surface area (Å²) >= 11 is 6.04. The molecule has 0 aliphatic carbocycles. The predicted molar refractivity (Wildman–Crippen MR) is 76.4 cm³/mol. The van der Waals surface area contributed by atoms with Crippen LogP contribution in [0.25, 0.3) is 0 Å². The molecular weight excluding hydrogens is 297 g/mol. The lowest BCUT2D eigenvalue weighted by molar-refractivity contribution is -0.138. The molecule has 112 valence electrons. The van der Waals surface area contributed by atoms with Gasteiger partial charge in [0, 0.05) is 20.1 Å². The Bertz CT molecular complexity index is 625. The van der Waals surface area contributed by atoms with E-state index in [1.807, 2.05) is 0 Å². The Kier molecular flexibility index (Phi) is 4.93. The Morgan fingerprint density at radius 3 is 2.81 bits per heavy atom. The van der Waals surface area contributed by atoms with Gasteiger partial charge in [0.1, 0.15) is 5.82 Å². The van der Waals surface area contributed by atoms with Crippen LogP contribution < -0.4 is 0 Å². The number of hydrogen-bond donors (Lipinski definition) is 1. The number of carboxylic acids is 1. The van der Waals surface area contributed by atoms with Crippen molar-refractivity contribution in [3.05, 3.63) is 52.6 Å². The quantitative estimate of drug-likeness (QED) is 0.889. The van der Waals surface area contributed by atoms with Crippen molar-refractivity contribution in [3.8, 4) is 0 Å². The number of nitrogens with zero attached hydrogens (tertiary/aromatic N) is 3. The monoisotopic (exact) mass is 311 g/mol. The lowest BCUT2D eigenvalue weighted by Crippen LogP contribution is -2.30. The predicted octanol–water partition coefficient (Wildman–Crippen LogP) is 2.30. The first-order chi connectivity index (χ1) is 9.95. The topological polar surface area (TPSA) is 58.4 Å². The molecule has 0 atom stereocenters. The average molecular weight is 312 g/mol. The zero-order chi connectivity index (χ0) is 15.4. The van der Waals surface area contributed by atoms with Gasteiger partial charge >= 0.3 is 5.97 Å². The molecule has 0 bridgehead atoms. The molecule has 1 N–H and O–H groups in total. The molecule has 0 saturated heterocycles. The number of benzene rings is 1. The molecule has 0 fully saturated rings. The fourth-order valence-electron chi connectivity index (χ4n) is 2.08. The van der Waals surface area contributed by atoms with Gasteiger partial charge < -0.3 is 5.11 Å². The second kappa shape index (κ2) is 6.69. The Morgan fingerprint density at radius 1 is 1.48 bits per heavy atom. The summed E-state index contributed by atoms with van der Waals surface area (Å²) in [5.74, 6) is -1.30. The molecule has 0 unspecified atom stereocenters. The highest BCUT2D eigenvalue weighted by Crippen LogP contribution is 2.18. The summed E-state index contributed by atoms with van der Waals surface area (Å²) in [5, 5.41) is 13.5. The van der Waals surface area contributed by atoms with Gasteiger partial charge in [0.2, 0.25) is 0 Å². The minimum atomic E-state index is -0.954. The van der Waals surface area contributed by atoms with Crippen molar-refractivity contribution in [3.63, 3.8) is 0 Å². The maximum absolute atomic E-state index is 13.2. The first-order valence-corrected chi connectivity index (χ1v) is 6.68. The average Bonchev–Trinajstić information content (AvgIpc) is 2.70. The van der Waals surface area contributed by atoms with Crippen molar-refractivity contribution in [2.24, 2.45) is 7.05 Å². The third-order valence-corrected chi connectivity index (χ3v) is 3.35. The highest BCUT2D eigenvalue weighted by Gasteiger charge is 2.15. The van der Waals surface area contributed by atoms with Crippen molar-refractivity contribution < 1.29 is 14.3 Å². The third-order valence-electron chi connectivity index (χ3n) is 3.04. The second-order valence-electron chi connectivity index (χ2n) is 4.73. The number of hydrogen-bond acceptors (Lipinski definition) is 3. The summed E-state index contributed by atoms with van der Waals surface area (Å²) in [7, 11) is 1.74. The number of aliphatic carboxylic acids is 1. The van der Waals surface area contributed by atoms with Crippen LogP contribution >= 0.6 is 11.6 Å². The Labute approximate surface area is 126 Å². The lowest BCUT2D eigenvalue weighted by Gasteiger charge is -2.20. The van der Waals surface area contributed by atoms with Gasteiger partial charge in [-0.25, -0.2) is 4.39 Å². The van der Waals surface area contributed by atoms with Crippen LogP contribution in [0.5, 0.6) is 0 Å². The van der Waals surface area contributed by atoms with E-state index in [4.69, 9.17) is 16.7 Å².